The van der Waals surface area contributed by atoms with Gasteiger partial charge in [0.25, 0.3) is 0 Å². The molecule has 1 aromatic heterocycles. The molecule has 1 N–H and O–H groups in total. The van der Waals surface area contributed by atoms with E-state index in [2.05, 4.69) is 22.4 Å². The van der Waals surface area contributed by atoms with Crippen LogP contribution in [0.1, 0.15) is 16.9 Å². The molecule has 0 aromatic carbocycles. The molecule has 1 heterocycles. The largest absolute Gasteiger partial charge is 0.311 e. The molecule has 3 nitrogen and oxygen atoms in total. The Bertz CT molecular complexity index is 197. The average molecular weight is 157 g/mol. The Kier molecular flexibility index (Phi) is 2.77. The lowest BCUT2D eigenvalue weighted by Gasteiger charge is -1.92. The smallest absolute Gasteiger partial charge is 0.131 e. The van der Waals surface area contributed by atoms with Crippen molar-refractivity contribution < 1.29 is 0 Å². The van der Waals surface area contributed by atoms with Gasteiger partial charge in [-0.05, 0) is 13.5 Å². The summed E-state index contributed by atoms with van der Waals surface area (Å²) in [6.45, 7) is 5.88. The molecule has 0 bridgehead atoms. The Morgan fingerprint density at radius 3 is 2.80 bits per heavy atom. The molecular weight excluding hydrogens is 146 g/mol. The number of hydrogen-bond acceptors (Lipinski definition) is 4. The van der Waals surface area contributed by atoms with Gasteiger partial charge in [0.05, 0.1) is 0 Å². The molecule has 0 atom stereocenters. The minimum Gasteiger partial charge on any atom is -0.311 e. The second kappa shape index (κ2) is 3.63. The van der Waals surface area contributed by atoms with Crippen molar-refractivity contribution in [3.63, 3.8) is 0 Å². The minimum absolute atomic E-state index is 0.849. The van der Waals surface area contributed by atoms with Crippen LogP contribution in [0.5, 0.6) is 0 Å². The third kappa shape index (κ3) is 2.04. The van der Waals surface area contributed by atoms with Crippen molar-refractivity contribution in [1.82, 2.24) is 15.5 Å². The maximum Gasteiger partial charge on any atom is 0.131 e. The number of aromatic nitrogens is 2. The van der Waals surface area contributed by atoms with Gasteiger partial charge in [-0.15, -0.1) is 21.5 Å². The first kappa shape index (κ1) is 7.63. The van der Waals surface area contributed by atoms with Crippen molar-refractivity contribution in [2.24, 2.45) is 0 Å². The Morgan fingerprint density at radius 2 is 2.30 bits per heavy atom. The van der Waals surface area contributed by atoms with E-state index in [1.165, 1.54) is 0 Å². The van der Waals surface area contributed by atoms with Crippen LogP contribution < -0.4 is 5.32 Å². The molecule has 0 amide bonds. The van der Waals surface area contributed by atoms with Crippen LogP contribution in [0.4, 0.5) is 0 Å². The first-order valence-corrected chi connectivity index (χ1v) is 4.14. The van der Waals surface area contributed by atoms with Gasteiger partial charge in [0.2, 0.25) is 0 Å². The minimum atomic E-state index is 0.849. The second-order valence-electron chi connectivity index (χ2n) is 2.00. The summed E-state index contributed by atoms with van der Waals surface area (Å²) in [5, 5.41) is 13.1. The van der Waals surface area contributed by atoms with Crippen LogP contribution in [-0.4, -0.2) is 16.7 Å². The molecule has 0 aliphatic rings. The molecule has 0 radical (unpaired) electrons. The normalized spacial score (nSPS) is 10.2. The van der Waals surface area contributed by atoms with Gasteiger partial charge >= 0.3 is 0 Å². The fourth-order valence-corrected chi connectivity index (χ4v) is 1.32. The summed E-state index contributed by atoms with van der Waals surface area (Å²) in [4.78, 5) is 0. The van der Waals surface area contributed by atoms with Crippen molar-refractivity contribution in [3.8, 4) is 0 Å². The average Bonchev–Trinajstić information content (AvgIpc) is 2.31. The topological polar surface area (TPSA) is 37.8 Å². The van der Waals surface area contributed by atoms with Crippen LogP contribution in [0.2, 0.25) is 0 Å². The van der Waals surface area contributed by atoms with Crippen molar-refractivity contribution >= 4 is 11.3 Å². The summed E-state index contributed by atoms with van der Waals surface area (Å²) in [5.41, 5.74) is 0. The molecule has 4 heteroatoms. The number of aryl methyl sites for hydroxylation is 1. The van der Waals surface area contributed by atoms with E-state index in [1.54, 1.807) is 11.3 Å². The van der Waals surface area contributed by atoms with Crippen LogP contribution in [-0.2, 0) is 6.54 Å². The van der Waals surface area contributed by atoms with E-state index in [-0.39, 0.29) is 0 Å². The molecule has 0 saturated heterocycles. The molecule has 56 valence electrons. The zero-order valence-electron chi connectivity index (χ0n) is 6.22. The van der Waals surface area contributed by atoms with E-state index in [0.717, 1.165) is 23.1 Å². The molecule has 1 aromatic rings. The van der Waals surface area contributed by atoms with E-state index >= 15 is 0 Å². The van der Waals surface area contributed by atoms with E-state index in [1.807, 2.05) is 6.92 Å². The maximum absolute atomic E-state index is 3.96. The molecule has 0 fully saturated rings. The van der Waals surface area contributed by atoms with E-state index in [9.17, 15) is 0 Å². The monoisotopic (exact) mass is 157 g/mol. The summed E-state index contributed by atoms with van der Waals surface area (Å²) >= 11 is 1.64. The molecule has 0 spiro atoms. The first-order valence-electron chi connectivity index (χ1n) is 3.32. The van der Waals surface area contributed by atoms with Crippen molar-refractivity contribution in [2.45, 2.75) is 20.4 Å². The van der Waals surface area contributed by atoms with Crippen LogP contribution >= 0.6 is 11.3 Å². The summed E-state index contributed by atoms with van der Waals surface area (Å²) in [5.74, 6) is 0. The van der Waals surface area contributed by atoms with Crippen molar-refractivity contribution in [2.75, 3.05) is 6.54 Å². The molecule has 1 rings (SSSR count). The second-order valence-corrected chi connectivity index (χ2v) is 3.26. The number of hydrogen-bond donors (Lipinski definition) is 1. The highest BCUT2D eigenvalue weighted by Crippen LogP contribution is 2.06. The van der Waals surface area contributed by atoms with Crippen molar-refractivity contribution in [1.29, 1.82) is 0 Å². The zero-order chi connectivity index (χ0) is 7.40. The highest BCUT2D eigenvalue weighted by atomic mass is 32.1. The standard InChI is InChI=1S/C6H11N3S/c1-3-7-4-6-9-8-5(2)10-6/h7H,3-4H2,1-2H3. The predicted octanol–water partition coefficient (Wildman–Crippen LogP) is 0.956. The van der Waals surface area contributed by atoms with E-state index < -0.39 is 0 Å². The molecule has 0 aliphatic carbocycles. The molecule has 10 heavy (non-hydrogen) atoms. The van der Waals surface area contributed by atoms with Crippen LogP contribution in [0.15, 0.2) is 0 Å². The zero-order valence-corrected chi connectivity index (χ0v) is 7.03. The van der Waals surface area contributed by atoms with Gasteiger partial charge in [-0.3, -0.25) is 0 Å². The molecular formula is C6H11N3S. The van der Waals surface area contributed by atoms with E-state index in [4.69, 9.17) is 0 Å². The van der Waals surface area contributed by atoms with Crippen LogP contribution in [0.25, 0.3) is 0 Å². The number of rotatable bonds is 3. The van der Waals surface area contributed by atoms with Crippen LogP contribution in [0, 0.1) is 6.92 Å². The quantitative estimate of drug-likeness (QED) is 0.710. The summed E-state index contributed by atoms with van der Waals surface area (Å²) in [6.07, 6.45) is 0. The fraction of sp³-hybridized carbons (Fsp3) is 0.667. The van der Waals surface area contributed by atoms with Gasteiger partial charge < -0.3 is 5.32 Å². The predicted molar refractivity (Wildman–Crippen MR) is 42.0 cm³/mol. The van der Waals surface area contributed by atoms with Gasteiger partial charge in [-0.2, -0.15) is 0 Å². The molecule has 0 unspecified atom stereocenters. The Labute approximate surface area is 64.5 Å². The Balaban J connectivity index is 2.42. The first-order chi connectivity index (χ1) is 4.83. The lowest BCUT2D eigenvalue weighted by atomic mass is 10.6. The highest BCUT2D eigenvalue weighted by Gasteiger charge is 1.96. The Hall–Kier alpha value is -0.480. The van der Waals surface area contributed by atoms with E-state index in [0.29, 0.717) is 0 Å². The maximum atomic E-state index is 3.96. The van der Waals surface area contributed by atoms with Crippen molar-refractivity contribution in [3.05, 3.63) is 10.0 Å². The Morgan fingerprint density at radius 1 is 1.50 bits per heavy atom. The SMILES string of the molecule is CCNCc1nnc(C)s1. The highest BCUT2D eigenvalue weighted by molar-refractivity contribution is 7.11. The van der Waals surface area contributed by atoms with Gasteiger partial charge in [-0.25, -0.2) is 0 Å². The van der Waals surface area contributed by atoms with Gasteiger partial charge in [0.15, 0.2) is 0 Å². The van der Waals surface area contributed by atoms with Gasteiger partial charge in [0.1, 0.15) is 10.0 Å². The summed E-state index contributed by atoms with van der Waals surface area (Å²) < 4.78 is 0. The summed E-state index contributed by atoms with van der Waals surface area (Å²) in [7, 11) is 0. The fourth-order valence-electron chi connectivity index (χ4n) is 0.641. The number of nitrogens with zero attached hydrogens (tertiary/aromatic N) is 2. The number of nitrogens with one attached hydrogen (secondary N) is 1. The van der Waals surface area contributed by atoms with Gasteiger partial charge in [0, 0.05) is 6.54 Å². The van der Waals surface area contributed by atoms with Crippen LogP contribution in [0.3, 0.4) is 0 Å². The lowest BCUT2D eigenvalue weighted by molar-refractivity contribution is 0.714. The van der Waals surface area contributed by atoms with Gasteiger partial charge in [-0.1, -0.05) is 6.92 Å². The third-order valence-electron chi connectivity index (χ3n) is 1.09. The third-order valence-corrected chi connectivity index (χ3v) is 1.93. The molecule has 0 aliphatic heterocycles. The lowest BCUT2D eigenvalue weighted by Crippen LogP contribution is -2.11. The molecule has 0 saturated carbocycles. The summed E-state index contributed by atoms with van der Waals surface area (Å²) in [6, 6.07) is 0.